The second-order valence-electron chi connectivity index (χ2n) is 7.72. The predicted molar refractivity (Wildman–Crippen MR) is 127 cm³/mol. The number of halogens is 2. The van der Waals surface area contributed by atoms with E-state index in [0.29, 0.717) is 41.0 Å². The lowest BCUT2D eigenvalue weighted by Gasteiger charge is -2.26. The number of amides is 1. The van der Waals surface area contributed by atoms with Gasteiger partial charge in [0.15, 0.2) is 11.5 Å². The maximum Gasteiger partial charge on any atom is 0.300 e. The van der Waals surface area contributed by atoms with Crippen LogP contribution in [0.15, 0.2) is 66.2 Å². The molecule has 2 N–H and O–H groups in total. The number of carbonyl (C=O) groups excluding carboxylic acids is 2. The van der Waals surface area contributed by atoms with Crippen LogP contribution >= 0.6 is 23.2 Å². The number of aromatic hydroxyl groups is 1. The fourth-order valence-electron chi connectivity index (χ4n) is 4.08. The van der Waals surface area contributed by atoms with Crippen LogP contribution in [-0.2, 0) is 9.59 Å². The molecule has 3 aromatic carbocycles. The Morgan fingerprint density at radius 3 is 2.44 bits per heavy atom. The van der Waals surface area contributed by atoms with Crippen molar-refractivity contribution in [3.63, 3.8) is 0 Å². The number of ether oxygens (including phenoxy) is 2. The van der Waals surface area contributed by atoms with Crippen molar-refractivity contribution in [3.05, 3.63) is 87.4 Å². The fraction of sp³-hybridized carbons (Fsp3) is 0.120. The van der Waals surface area contributed by atoms with Crippen LogP contribution in [0.5, 0.6) is 17.2 Å². The number of phenolic OH excluding ortho intramolecular Hbond substituents is 1. The van der Waals surface area contributed by atoms with Crippen molar-refractivity contribution in [2.24, 2.45) is 0 Å². The minimum Gasteiger partial charge on any atom is -0.507 e. The maximum absolute atomic E-state index is 13.2. The zero-order valence-corrected chi connectivity index (χ0v) is 19.0. The first-order chi connectivity index (χ1) is 16.3. The van der Waals surface area contributed by atoms with Gasteiger partial charge < -0.3 is 19.7 Å². The van der Waals surface area contributed by atoms with E-state index in [1.54, 1.807) is 42.5 Å². The summed E-state index contributed by atoms with van der Waals surface area (Å²) >= 11 is 12.3. The van der Waals surface area contributed by atoms with Crippen molar-refractivity contribution in [1.82, 2.24) is 0 Å². The Morgan fingerprint density at radius 2 is 1.71 bits per heavy atom. The number of benzene rings is 3. The zero-order chi connectivity index (χ0) is 24.0. The van der Waals surface area contributed by atoms with Gasteiger partial charge in [-0.3, -0.25) is 14.5 Å². The van der Waals surface area contributed by atoms with Gasteiger partial charge in [-0.15, -0.1) is 0 Å². The minimum atomic E-state index is -1.02. The average molecular weight is 498 g/mol. The molecule has 5 rings (SSSR count). The highest BCUT2D eigenvalue weighted by molar-refractivity contribution is 6.52. The summed E-state index contributed by atoms with van der Waals surface area (Å²) in [5.41, 5.74) is 0.928. The van der Waals surface area contributed by atoms with Crippen molar-refractivity contribution < 1.29 is 29.3 Å². The Morgan fingerprint density at radius 1 is 0.941 bits per heavy atom. The van der Waals surface area contributed by atoms with E-state index >= 15 is 0 Å². The summed E-state index contributed by atoms with van der Waals surface area (Å²) in [6.45, 7) is 0.757. The van der Waals surface area contributed by atoms with Crippen LogP contribution in [-0.4, -0.2) is 35.1 Å². The number of fused-ring (bicyclic) bond motifs is 1. The first-order valence-electron chi connectivity index (χ1n) is 10.3. The molecule has 1 amide bonds. The van der Waals surface area contributed by atoms with Gasteiger partial charge in [0.1, 0.15) is 24.7 Å². The number of hydrogen-bond donors (Lipinski definition) is 2. The van der Waals surface area contributed by atoms with Gasteiger partial charge in [-0.1, -0.05) is 35.3 Å². The van der Waals surface area contributed by atoms with Crippen LogP contribution in [0.4, 0.5) is 5.69 Å². The summed E-state index contributed by atoms with van der Waals surface area (Å²) < 4.78 is 11.1. The molecule has 2 aliphatic rings. The van der Waals surface area contributed by atoms with Gasteiger partial charge in [0.05, 0.1) is 16.6 Å². The molecule has 2 aliphatic heterocycles. The summed E-state index contributed by atoms with van der Waals surface area (Å²) in [5, 5.41) is 21.6. The molecular formula is C25H17Cl2NO6. The van der Waals surface area contributed by atoms with Crippen molar-refractivity contribution in [2.45, 2.75) is 6.04 Å². The van der Waals surface area contributed by atoms with Crippen LogP contribution < -0.4 is 14.4 Å². The minimum absolute atomic E-state index is 0.0357. The van der Waals surface area contributed by atoms with Gasteiger partial charge in [-0.05, 0) is 54.1 Å². The predicted octanol–water partition coefficient (Wildman–Crippen LogP) is 5.10. The lowest BCUT2D eigenvalue weighted by atomic mass is 9.95. The third kappa shape index (κ3) is 3.73. The van der Waals surface area contributed by atoms with E-state index in [4.69, 9.17) is 32.7 Å². The molecular weight excluding hydrogens is 481 g/mol. The summed E-state index contributed by atoms with van der Waals surface area (Å²) in [4.78, 5) is 27.7. The fourth-order valence-corrected chi connectivity index (χ4v) is 4.45. The number of phenols is 1. The number of nitrogens with zero attached hydrogens (tertiary/aromatic N) is 1. The molecule has 0 bridgehead atoms. The van der Waals surface area contributed by atoms with E-state index in [1.165, 1.54) is 23.1 Å². The molecule has 2 heterocycles. The number of hydrogen-bond acceptors (Lipinski definition) is 6. The topological polar surface area (TPSA) is 96.3 Å². The number of ketones is 1. The van der Waals surface area contributed by atoms with Gasteiger partial charge in [-0.25, -0.2) is 0 Å². The molecule has 1 atom stereocenters. The summed E-state index contributed by atoms with van der Waals surface area (Å²) in [6, 6.07) is 14.6. The SMILES string of the molecule is O=C1C(=O)N(c2cccc(Cl)c2)C(c2ccc(O)c(Cl)c2)/C1=C(/O)c1ccc2c(c1)OCCO2. The highest BCUT2D eigenvalue weighted by Crippen LogP contribution is 2.44. The van der Waals surface area contributed by atoms with Crippen LogP contribution in [0.3, 0.4) is 0 Å². The summed E-state index contributed by atoms with van der Waals surface area (Å²) in [7, 11) is 0. The molecule has 0 aromatic heterocycles. The molecule has 1 unspecified atom stereocenters. The molecule has 1 saturated heterocycles. The Labute approximate surface area is 204 Å². The van der Waals surface area contributed by atoms with E-state index in [2.05, 4.69) is 0 Å². The standard InChI is InChI=1S/C25H17Cl2NO6/c26-15-2-1-3-16(12-15)28-22(13-4-6-18(29)17(27)10-13)21(24(31)25(28)32)23(30)14-5-7-19-20(11-14)34-9-8-33-19/h1-7,10-12,22,29-30H,8-9H2/b23-21-. The Bertz CT molecular complexity index is 1370. The smallest absolute Gasteiger partial charge is 0.300 e. The number of anilines is 1. The van der Waals surface area contributed by atoms with Gasteiger partial charge in [0.2, 0.25) is 0 Å². The number of carbonyl (C=O) groups is 2. The van der Waals surface area contributed by atoms with Gasteiger partial charge in [0.25, 0.3) is 11.7 Å². The number of aliphatic hydroxyl groups is 1. The second-order valence-corrected chi connectivity index (χ2v) is 8.56. The number of Topliss-reactive ketones (excluding diaryl/α,β-unsaturated/α-hetero) is 1. The number of rotatable bonds is 3. The van der Waals surface area contributed by atoms with E-state index in [1.807, 2.05) is 0 Å². The first-order valence-corrected chi connectivity index (χ1v) is 11.1. The van der Waals surface area contributed by atoms with Crippen molar-refractivity contribution in [2.75, 3.05) is 18.1 Å². The summed E-state index contributed by atoms with van der Waals surface area (Å²) in [6.07, 6.45) is 0. The summed E-state index contributed by atoms with van der Waals surface area (Å²) in [5.74, 6) is -1.31. The molecule has 0 radical (unpaired) electrons. The van der Waals surface area contributed by atoms with Crippen molar-refractivity contribution >= 4 is 46.3 Å². The Hall–Kier alpha value is -3.68. The first kappa shape index (κ1) is 22.1. The quantitative estimate of drug-likeness (QED) is 0.297. The van der Waals surface area contributed by atoms with E-state index < -0.39 is 17.7 Å². The third-order valence-electron chi connectivity index (χ3n) is 5.63. The van der Waals surface area contributed by atoms with Gasteiger partial charge >= 0.3 is 0 Å². The molecule has 9 heteroatoms. The van der Waals surface area contributed by atoms with Crippen molar-refractivity contribution in [3.8, 4) is 17.2 Å². The van der Waals surface area contributed by atoms with E-state index in [9.17, 15) is 19.8 Å². The zero-order valence-electron chi connectivity index (χ0n) is 17.5. The molecule has 0 aliphatic carbocycles. The second kappa shape index (κ2) is 8.59. The van der Waals surface area contributed by atoms with Crippen LogP contribution in [0.25, 0.3) is 5.76 Å². The monoisotopic (exact) mass is 497 g/mol. The number of aliphatic hydroxyl groups excluding tert-OH is 1. The Kier molecular flexibility index (Phi) is 5.59. The molecule has 1 fully saturated rings. The average Bonchev–Trinajstić information content (AvgIpc) is 3.10. The molecule has 3 aromatic rings. The molecule has 34 heavy (non-hydrogen) atoms. The molecule has 0 spiro atoms. The van der Waals surface area contributed by atoms with E-state index in [0.717, 1.165) is 0 Å². The largest absolute Gasteiger partial charge is 0.507 e. The lowest BCUT2D eigenvalue weighted by Crippen LogP contribution is -2.29. The molecule has 7 nitrogen and oxygen atoms in total. The highest BCUT2D eigenvalue weighted by atomic mass is 35.5. The highest BCUT2D eigenvalue weighted by Gasteiger charge is 2.47. The normalized spacial score (nSPS) is 18.9. The van der Waals surface area contributed by atoms with Gasteiger partial charge in [-0.2, -0.15) is 0 Å². The maximum atomic E-state index is 13.2. The van der Waals surface area contributed by atoms with Gasteiger partial charge in [0, 0.05) is 16.3 Å². The van der Waals surface area contributed by atoms with E-state index in [-0.39, 0.29) is 27.7 Å². The molecule has 0 saturated carbocycles. The van der Waals surface area contributed by atoms with Crippen LogP contribution in [0.2, 0.25) is 10.0 Å². The Balaban J connectivity index is 1.71. The lowest BCUT2D eigenvalue weighted by molar-refractivity contribution is -0.132. The molecule has 172 valence electrons. The van der Waals surface area contributed by atoms with Crippen LogP contribution in [0, 0.1) is 0 Å². The van der Waals surface area contributed by atoms with Crippen LogP contribution in [0.1, 0.15) is 17.2 Å². The van der Waals surface area contributed by atoms with Crippen molar-refractivity contribution in [1.29, 1.82) is 0 Å². The third-order valence-corrected chi connectivity index (χ3v) is 6.17.